The van der Waals surface area contributed by atoms with Gasteiger partial charge in [0.05, 0.1) is 16.3 Å². The fraction of sp³-hybridized carbons (Fsp3) is 0.385. The molecule has 5 nitrogen and oxygen atoms in total. The summed E-state index contributed by atoms with van der Waals surface area (Å²) in [6.07, 6.45) is -3.03. The second-order valence-electron chi connectivity index (χ2n) is 4.83. The summed E-state index contributed by atoms with van der Waals surface area (Å²) < 4.78 is 41.0. The van der Waals surface area contributed by atoms with E-state index in [0.717, 1.165) is 30.7 Å². The zero-order valence-electron chi connectivity index (χ0n) is 11.2. The van der Waals surface area contributed by atoms with Crippen LogP contribution in [-0.2, 0) is 4.79 Å². The number of fused-ring (bicyclic) bond motifs is 1. The lowest BCUT2D eigenvalue weighted by Crippen LogP contribution is -2.35. The summed E-state index contributed by atoms with van der Waals surface area (Å²) in [5.74, 6) is -0.484. The van der Waals surface area contributed by atoms with Gasteiger partial charge in [0.15, 0.2) is 5.13 Å². The third kappa shape index (κ3) is 3.47. The molecule has 0 spiro atoms. The Hall–Kier alpha value is -1.87. The van der Waals surface area contributed by atoms with Crippen LogP contribution in [0.5, 0.6) is 5.75 Å². The average molecular weight is 331 g/mol. The molecule has 1 amide bonds. The van der Waals surface area contributed by atoms with Gasteiger partial charge in [-0.15, -0.1) is 13.2 Å². The maximum atomic E-state index is 12.2. The topological polar surface area (TPSA) is 63.2 Å². The van der Waals surface area contributed by atoms with Gasteiger partial charge < -0.3 is 15.4 Å². The van der Waals surface area contributed by atoms with Gasteiger partial charge in [-0.2, -0.15) is 0 Å². The summed E-state index contributed by atoms with van der Waals surface area (Å²) in [4.78, 5) is 16.1. The molecule has 9 heteroatoms. The van der Waals surface area contributed by atoms with Crippen molar-refractivity contribution in [3.8, 4) is 5.75 Å². The first kappa shape index (κ1) is 15.0. The molecule has 1 aliphatic rings. The van der Waals surface area contributed by atoms with E-state index in [-0.39, 0.29) is 17.7 Å². The highest BCUT2D eigenvalue weighted by Crippen LogP contribution is 2.31. The zero-order valence-corrected chi connectivity index (χ0v) is 12.1. The van der Waals surface area contributed by atoms with E-state index in [1.807, 2.05) is 0 Å². The molecule has 0 radical (unpaired) electrons. The molecular formula is C13H12F3N3O2S. The molecule has 118 valence electrons. The van der Waals surface area contributed by atoms with E-state index in [9.17, 15) is 18.0 Å². The number of anilines is 1. The van der Waals surface area contributed by atoms with Crippen molar-refractivity contribution in [1.82, 2.24) is 10.3 Å². The third-order valence-corrected chi connectivity index (χ3v) is 4.13. The van der Waals surface area contributed by atoms with Gasteiger partial charge in [-0.05, 0) is 31.5 Å². The van der Waals surface area contributed by atoms with Crippen LogP contribution in [0.3, 0.4) is 0 Å². The molecule has 2 heterocycles. The number of carbonyl (C=O) groups excluding carboxylic acids is 1. The maximum absolute atomic E-state index is 12.2. The molecule has 1 saturated heterocycles. The third-order valence-electron chi connectivity index (χ3n) is 3.20. The van der Waals surface area contributed by atoms with Crippen LogP contribution in [0.2, 0.25) is 0 Å². The average Bonchev–Trinajstić information content (AvgIpc) is 3.04. The lowest BCUT2D eigenvalue weighted by Gasteiger charge is -2.08. The molecule has 1 fully saturated rings. The number of nitrogens with one attached hydrogen (secondary N) is 2. The normalized spacial score (nSPS) is 18.6. The number of halogens is 3. The van der Waals surface area contributed by atoms with Crippen molar-refractivity contribution >= 4 is 32.6 Å². The Morgan fingerprint density at radius 3 is 2.95 bits per heavy atom. The van der Waals surface area contributed by atoms with Gasteiger partial charge in [-0.1, -0.05) is 11.3 Å². The first-order chi connectivity index (χ1) is 10.4. The highest BCUT2D eigenvalue weighted by molar-refractivity contribution is 7.22. The Balaban J connectivity index is 1.76. The van der Waals surface area contributed by atoms with E-state index in [4.69, 9.17) is 0 Å². The number of thiazole rings is 1. The fourth-order valence-electron chi connectivity index (χ4n) is 2.26. The van der Waals surface area contributed by atoms with Crippen LogP contribution in [0.1, 0.15) is 12.8 Å². The molecule has 2 aromatic rings. The highest BCUT2D eigenvalue weighted by Gasteiger charge is 2.31. The Bertz CT molecular complexity index is 695. The van der Waals surface area contributed by atoms with Crippen LogP contribution in [0.4, 0.5) is 18.3 Å². The molecule has 0 aliphatic carbocycles. The van der Waals surface area contributed by atoms with E-state index in [2.05, 4.69) is 20.4 Å². The Labute approximate surface area is 127 Å². The summed E-state index contributed by atoms with van der Waals surface area (Å²) in [5, 5.41) is 6.11. The van der Waals surface area contributed by atoms with Gasteiger partial charge in [0.25, 0.3) is 0 Å². The number of ether oxygens (including phenoxy) is 1. The standard InChI is InChI=1S/C13H12F3N3O2S/c14-13(15,16)21-7-3-4-8-10(6-7)22-12(18-8)19-11(20)9-2-1-5-17-9/h3-4,6,9,17H,1-2,5H2,(H,18,19,20)/t9-/m0/s1. The summed E-state index contributed by atoms with van der Waals surface area (Å²) in [6, 6.07) is 3.64. The number of hydrogen-bond acceptors (Lipinski definition) is 5. The van der Waals surface area contributed by atoms with Crippen LogP contribution < -0.4 is 15.4 Å². The molecule has 1 atom stereocenters. The van der Waals surface area contributed by atoms with Crippen molar-refractivity contribution in [2.45, 2.75) is 25.2 Å². The number of hydrogen-bond donors (Lipinski definition) is 2. The summed E-state index contributed by atoms with van der Waals surface area (Å²) in [5.41, 5.74) is 0.509. The van der Waals surface area contributed by atoms with E-state index < -0.39 is 6.36 Å². The molecular weight excluding hydrogens is 319 g/mol. The lowest BCUT2D eigenvalue weighted by atomic mass is 10.2. The number of amides is 1. The van der Waals surface area contributed by atoms with Gasteiger partial charge >= 0.3 is 6.36 Å². The zero-order chi connectivity index (χ0) is 15.7. The molecule has 2 N–H and O–H groups in total. The maximum Gasteiger partial charge on any atom is 0.573 e. The van der Waals surface area contributed by atoms with Crippen LogP contribution in [0.25, 0.3) is 10.2 Å². The van der Waals surface area contributed by atoms with Crippen LogP contribution >= 0.6 is 11.3 Å². The van der Waals surface area contributed by atoms with Gasteiger partial charge in [0, 0.05) is 6.07 Å². The SMILES string of the molecule is O=C(Nc1nc2ccc(OC(F)(F)F)cc2s1)[C@@H]1CCCN1. The highest BCUT2D eigenvalue weighted by atomic mass is 32.1. The molecule has 1 aromatic carbocycles. The van der Waals surface area contributed by atoms with Crippen LogP contribution in [0.15, 0.2) is 18.2 Å². The van der Waals surface area contributed by atoms with E-state index >= 15 is 0 Å². The minimum Gasteiger partial charge on any atom is -0.406 e. The van der Waals surface area contributed by atoms with Crippen LogP contribution in [-0.4, -0.2) is 29.8 Å². The molecule has 0 saturated carbocycles. The molecule has 3 rings (SSSR count). The van der Waals surface area contributed by atoms with E-state index in [1.54, 1.807) is 0 Å². The second-order valence-corrected chi connectivity index (χ2v) is 5.87. The Kier molecular flexibility index (Phi) is 3.92. The van der Waals surface area contributed by atoms with Crippen molar-refractivity contribution in [2.24, 2.45) is 0 Å². The Morgan fingerprint density at radius 2 is 2.27 bits per heavy atom. The summed E-state index contributed by atoms with van der Waals surface area (Å²) in [7, 11) is 0. The van der Waals surface area contributed by atoms with Crippen LogP contribution in [0, 0.1) is 0 Å². The van der Waals surface area contributed by atoms with Crippen molar-refractivity contribution < 1.29 is 22.7 Å². The fourth-order valence-corrected chi connectivity index (χ4v) is 3.15. The van der Waals surface area contributed by atoms with Gasteiger partial charge in [0.2, 0.25) is 5.91 Å². The lowest BCUT2D eigenvalue weighted by molar-refractivity contribution is -0.274. The van der Waals surface area contributed by atoms with Crippen molar-refractivity contribution in [2.75, 3.05) is 11.9 Å². The number of benzene rings is 1. The van der Waals surface area contributed by atoms with Gasteiger partial charge in [0.1, 0.15) is 5.75 Å². The predicted octanol–water partition coefficient (Wildman–Crippen LogP) is 2.89. The monoisotopic (exact) mass is 331 g/mol. The first-order valence-corrected chi connectivity index (χ1v) is 7.43. The van der Waals surface area contributed by atoms with E-state index in [1.165, 1.54) is 18.2 Å². The minimum atomic E-state index is -4.73. The number of alkyl halides is 3. The Morgan fingerprint density at radius 1 is 1.45 bits per heavy atom. The summed E-state index contributed by atoms with van der Waals surface area (Å²) >= 11 is 1.11. The molecule has 0 unspecified atom stereocenters. The smallest absolute Gasteiger partial charge is 0.406 e. The molecule has 0 bridgehead atoms. The van der Waals surface area contributed by atoms with E-state index in [0.29, 0.717) is 15.3 Å². The van der Waals surface area contributed by atoms with Gasteiger partial charge in [-0.3, -0.25) is 4.79 Å². The predicted molar refractivity (Wildman–Crippen MR) is 76.0 cm³/mol. The number of aromatic nitrogens is 1. The summed E-state index contributed by atoms with van der Waals surface area (Å²) in [6.45, 7) is 0.802. The van der Waals surface area contributed by atoms with Crippen molar-refractivity contribution in [1.29, 1.82) is 0 Å². The van der Waals surface area contributed by atoms with Crippen molar-refractivity contribution in [3.05, 3.63) is 18.2 Å². The molecule has 1 aliphatic heterocycles. The number of carbonyl (C=O) groups is 1. The number of nitrogens with zero attached hydrogens (tertiary/aromatic N) is 1. The van der Waals surface area contributed by atoms with Crippen molar-refractivity contribution in [3.63, 3.8) is 0 Å². The second kappa shape index (κ2) is 5.73. The number of rotatable bonds is 3. The minimum absolute atomic E-state index is 0.177. The largest absolute Gasteiger partial charge is 0.573 e. The van der Waals surface area contributed by atoms with Gasteiger partial charge in [-0.25, -0.2) is 4.98 Å². The molecule has 22 heavy (non-hydrogen) atoms. The first-order valence-electron chi connectivity index (χ1n) is 6.61. The quantitative estimate of drug-likeness (QED) is 0.908. The molecule has 1 aromatic heterocycles.